The Hall–Kier alpha value is -1.69. The molecule has 0 bridgehead atoms. The fourth-order valence-electron chi connectivity index (χ4n) is 1.33. The molecule has 0 saturated carbocycles. The lowest BCUT2D eigenvalue weighted by Gasteiger charge is -2.22. The molecule has 0 aliphatic rings. The molecule has 0 saturated heterocycles. The van der Waals surface area contributed by atoms with Crippen molar-refractivity contribution in [3.8, 4) is 0 Å². The summed E-state index contributed by atoms with van der Waals surface area (Å²) in [5.74, 6) is 0.107. The number of carbonyl (C=O) groups is 1. The Kier molecular flexibility index (Phi) is 5.23. The third-order valence-electron chi connectivity index (χ3n) is 2.36. The van der Waals surface area contributed by atoms with Crippen LogP contribution in [0.15, 0.2) is 12.4 Å². The highest BCUT2D eigenvalue weighted by Gasteiger charge is 2.12. The van der Waals surface area contributed by atoms with Crippen LogP contribution in [0.5, 0.6) is 0 Å². The highest BCUT2D eigenvalue weighted by Crippen LogP contribution is 2.08. The van der Waals surface area contributed by atoms with Gasteiger partial charge in [0.1, 0.15) is 0 Å². The predicted octanol–water partition coefficient (Wildman–Crippen LogP) is 1.51. The molecule has 1 aromatic heterocycles. The van der Waals surface area contributed by atoms with Gasteiger partial charge in [-0.25, -0.2) is 14.8 Å². The van der Waals surface area contributed by atoms with Gasteiger partial charge in [-0.3, -0.25) is 0 Å². The van der Waals surface area contributed by atoms with E-state index in [-0.39, 0.29) is 5.60 Å². The molecule has 0 N–H and O–H groups in total. The van der Waals surface area contributed by atoms with Crippen molar-refractivity contribution in [2.24, 2.45) is 0 Å². The zero-order valence-electron chi connectivity index (χ0n) is 12.1. The number of carbonyl (C=O) groups excluding carboxylic acids is 1. The monoisotopic (exact) mass is 267 g/mol. The second-order valence-corrected chi connectivity index (χ2v) is 5.15. The topological polar surface area (TPSA) is 64.5 Å². The first-order valence-electron chi connectivity index (χ1n) is 6.09. The number of nitrogens with zero attached hydrogens (tertiary/aromatic N) is 3. The SMILES string of the molecule is COC(=O)c1cnc(N(C)CCOC(C)(C)C)nc1. The summed E-state index contributed by atoms with van der Waals surface area (Å²) in [5.41, 5.74) is 0.182. The van der Waals surface area contributed by atoms with Gasteiger partial charge >= 0.3 is 5.97 Å². The van der Waals surface area contributed by atoms with E-state index in [4.69, 9.17) is 4.74 Å². The summed E-state index contributed by atoms with van der Waals surface area (Å²) in [6, 6.07) is 0. The van der Waals surface area contributed by atoms with Crippen LogP contribution in [0.1, 0.15) is 31.1 Å². The number of ether oxygens (including phenoxy) is 2. The highest BCUT2D eigenvalue weighted by atomic mass is 16.5. The van der Waals surface area contributed by atoms with E-state index in [0.29, 0.717) is 24.7 Å². The molecule has 1 rings (SSSR count). The maximum atomic E-state index is 11.2. The second-order valence-electron chi connectivity index (χ2n) is 5.15. The Morgan fingerprint density at radius 2 is 1.89 bits per heavy atom. The molecule has 0 aliphatic carbocycles. The van der Waals surface area contributed by atoms with Crippen molar-refractivity contribution >= 4 is 11.9 Å². The fourth-order valence-corrected chi connectivity index (χ4v) is 1.33. The van der Waals surface area contributed by atoms with Gasteiger partial charge < -0.3 is 14.4 Å². The number of methoxy groups -OCH3 is 1. The lowest BCUT2D eigenvalue weighted by molar-refractivity contribution is 0.00159. The summed E-state index contributed by atoms with van der Waals surface area (Å²) in [7, 11) is 3.20. The molecule has 0 amide bonds. The maximum Gasteiger partial charge on any atom is 0.341 e. The molecule has 0 aliphatic heterocycles. The summed E-state index contributed by atoms with van der Waals surface area (Å²) in [4.78, 5) is 21.4. The fraction of sp³-hybridized carbons (Fsp3) is 0.615. The van der Waals surface area contributed by atoms with Gasteiger partial charge in [-0.2, -0.15) is 0 Å². The largest absolute Gasteiger partial charge is 0.465 e. The molecule has 0 radical (unpaired) electrons. The van der Waals surface area contributed by atoms with Gasteiger partial charge in [0.15, 0.2) is 0 Å². The standard InChI is InChI=1S/C13H21N3O3/c1-13(2,3)19-7-6-16(4)12-14-8-10(9-15-12)11(17)18-5/h8-9H,6-7H2,1-5H3. The molecule has 0 unspecified atom stereocenters. The van der Waals surface area contributed by atoms with Gasteiger partial charge in [0.25, 0.3) is 0 Å². The molecule has 6 nitrogen and oxygen atoms in total. The van der Waals surface area contributed by atoms with Crippen LogP contribution in [0.3, 0.4) is 0 Å². The van der Waals surface area contributed by atoms with Crippen molar-refractivity contribution in [1.29, 1.82) is 0 Å². The van der Waals surface area contributed by atoms with E-state index in [0.717, 1.165) is 0 Å². The molecule has 19 heavy (non-hydrogen) atoms. The number of likely N-dealkylation sites (N-methyl/N-ethyl adjacent to an activating group) is 1. The maximum absolute atomic E-state index is 11.2. The quantitative estimate of drug-likeness (QED) is 0.754. The normalized spacial score (nSPS) is 11.2. The highest BCUT2D eigenvalue weighted by molar-refractivity contribution is 5.88. The van der Waals surface area contributed by atoms with Crippen LogP contribution in [0, 0.1) is 0 Å². The van der Waals surface area contributed by atoms with Crippen LogP contribution in [0.4, 0.5) is 5.95 Å². The van der Waals surface area contributed by atoms with E-state index in [9.17, 15) is 4.79 Å². The minimum Gasteiger partial charge on any atom is -0.465 e. The average molecular weight is 267 g/mol. The van der Waals surface area contributed by atoms with Crippen LogP contribution in [-0.2, 0) is 9.47 Å². The molecule has 0 atom stereocenters. The van der Waals surface area contributed by atoms with Crippen LogP contribution in [0.2, 0.25) is 0 Å². The smallest absolute Gasteiger partial charge is 0.341 e. The first kappa shape index (κ1) is 15.4. The molecule has 6 heteroatoms. The van der Waals surface area contributed by atoms with E-state index in [2.05, 4.69) is 14.7 Å². The second kappa shape index (κ2) is 6.47. The Labute approximate surface area is 113 Å². The van der Waals surface area contributed by atoms with Crippen molar-refractivity contribution in [2.75, 3.05) is 32.2 Å². The Bertz CT molecular complexity index is 412. The van der Waals surface area contributed by atoms with Crippen LogP contribution in [0.25, 0.3) is 0 Å². The third-order valence-corrected chi connectivity index (χ3v) is 2.36. The summed E-state index contributed by atoms with van der Waals surface area (Å²) in [5, 5.41) is 0. The zero-order valence-corrected chi connectivity index (χ0v) is 12.1. The number of aromatic nitrogens is 2. The summed E-state index contributed by atoms with van der Waals surface area (Å²) < 4.78 is 10.2. The molecule has 0 aromatic carbocycles. The molecular formula is C13H21N3O3. The van der Waals surface area contributed by atoms with Crippen LogP contribution >= 0.6 is 0 Å². The number of hydrogen-bond acceptors (Lipinski definition) is 6. The molecule has 1 heterocycles. The molecule has 1 aromatic rings. The van der Waals surface area contributed by atoms with E-state index in [1.54, 1.807) is 0 Å². The van der Waals surface area contributed by atoms with Crippen molar-refractivity contribution < 1.29 is 14.3 Å². The molecule has 106 valence electrons. The van der Waals surface area contributed by atoms with Crippen LogP contribution < -0.4 is 4.90 Å². The first-order chi connectivity index (χ1) is 8.83. The molecule has 0 spiro atoms. The number of hydrogen-bond donors (Lipinski definition) is 0. The molecular weight excluding hydrogens is 246 g/mol. The van der Waals surface area contributed by atoms with Gasteiger partial charge in [-0.15, -0.1) is 0 Å². The Morgan fingerprint density at radius 3 is 2.37 bits per heavy atom. The van der Waals surface area contributed by atoms with Crippen molar-refractivity contribution in [3.63, 3.8) is 0 Å². The van der Waals surface area contributed by atoms with Gasteiger partial charge in [0.2, 0.25) is 5.95 Å². The lowest BCUT2D eigenvalue weighted by Crippen LogP contribution is -2.29. The van der Waals surface area contributed by atoms with Crippen molar-refractivity contribution in [2.45, 2.75) is 26.4 Å². The van der Waals surface area contributed by atoms with Gasteiger partial charge in [-0.1, -0.05) is 0 Å². The van der Waals surface area contributed by atoms with E-state index in [1.165, 1.54) is 19.5 Å². The molecule has 0 fully saturated rings. The average Bonchev–Trinajstić information content (AvgIpc) is 2.36. The minimum absolute atomic E-state index is 0.156. The van der Waals surface area contributed by atoms with Gasteiger partial charge in [0, 0.05) is 26.0 Å². The van der Waals surface area contributed by atoms with Gasteiger partial charge in [0.05, 0.1) is 24.9 Å². The number of anilines is 1. The lowest BCUT2D eigenvalue weighted by atomic mass is 10.2. The number of esters is 1. The van der Waals surface area contributed by atoms with E-state index < -0.39 is 5.97 Å². The Morgan fingerprint density at radius 1 is 1.32 bits per heavy atom. The summed E-state index contributed by atoms with van der Waals surface area (Å²) in [6.45, 7) is 7.29. The van der Waals surface area contributed by atoms with Crippen molar-refractivity contribution in [1.82, 2.24) is 9.97 Å². The van der Waals surface area contributed by atoms with E-state index in [1.807, 2.05) is 32.7 Å². The van der Waals surface area contributed by atoms with Gasteiger partial charge in [-0.05, 0) is 20.8 Å². The summed E-state index contributed by atoms with van der Waals surface area (Å²) >= 11 is 0. The minimum atomic E-state index is -0.440. The third kappa shape index (κ3) is 5.21. The van der Waals surface area contributed by atoms with Crippen molar-refractivity contribution in [3.05, 3.63) is 18.0 Å². The zero-order chi connectivity index (χ0) is 14.5. The Balaban J connectivity index is 2.53. The predicted molar refractivity (Wildman–Crippen MR) is 72.3 cm³/mol. The summed E-state index contributed by atoms with van der Waals surface area (Å²) in [6.07, 6.45) is 2.91. The van der Waals surface area contributed by atoms with Crippen LogP contribution in [-0.4, -0.2) is 48.8 Å². The number of rotatable bonds is 5. The van der Waals surface area contributed by atoms with E-state index >= 15 is 0 Å². The first-order valence-corrected chi connectivity index (χ1v) is 6.09.